The van der Waals surface area contributed by atoms with Crippen molar-refractivity contribution < 1.29 is 4.74 Å². The summed E-state index contributed by atoms with van der Waals surface area (Å²) in [5.41, 5.74) is 2.84. The molecule has 2 aromatic carbocycles. The number of rotatable bonds is 6. The van der Waals surface area contributed by atoms with Crippen molar-refractivity contribution in [1.82, 2.24) is 5.32 Å². The number of thioether (sulfide) groups is 1. The molecule has 0 bridgehead atoms. The van der Waals surface area contributed by atoms with Crippen LogP contribution in [0.25, 0.3) is 0 Å². The van der Waals surface area contributed by atoms with E-state index in [2.05, 4.69) is 67.7 Å². The molecule has 2 unspecified atom stereocenters. The Bertz CT molecular complexity index is 688. The van der Waals surface area contributed by atoms with E-state index in [4.69, 9.17) is 4.74 Å². The zero-order chi connectivity index (χ0) is 17.7. The molecule has 134 valence electrons. The van der Waals surface area contributed by atoms with E-state index < -0.39 is 0 Å². The van der Waals surface area contributed by atoms with Gasteiger partial charge in [-0.2, -0.15) is 0 Å². The molecular weight excluding hydrogens is 326 g/mol. The van der Waals surface area contributed by atoms with Gasteiger partial charge in [0.05, 0.1) is 13.2 Å². The SMILES string of the molecule is CCCCC1(CC)CSc2ccc(OC)cc2C(c2ccccc2)N1. The van der Waals surface area contributed by atoms with Crippen LogP contribution in [-0.4, -0.2) is 18.4 Å². The molecule has 1 N–H and O–H groups in total. The van der Waals surface area contributed by atoms with Crippen molar-refractivity contribution in [2.75, 3.05) is 12.9 Å². The van der Waals surface area contributed by atoms with Crippen molar-refractivity contribution in [2.45, 2.75) is 56.0 Å². The molecule has 3 rings (SSSR count). The van der Waals surface area contributed by atoms with Gasteiger partial charge in [-0.1, -0.05) is 57.0 Å². The lowest BCUT2D eigenvalue weighted by atomic mass is 9.88. The largest absolute Gasteiger partial charge is 0.497 e. The number of fused-ring (bicyclic) bond motifs is 1. The average Bonchev–Trinajstić information content (AvgIpc) is 2.84. The lowest BCUT2D eigenvalue weighted by Gasteiger charge is -2.36. The first-order chi connectivity index (χ1) is 12.2. The maximum Gasteiger partial charge on any atom is 0.119 e. The minimum atomic E-state index is 0.174. The monoisotopic (exact) mass is 355 g/mol. The van der Waals surface area contributed by atoms with Gasteiger partial charge in [0.2, 0.25) is 0 Å². The van der Waals surface area contributed by atoms with Crippen LogP contribution in [0, 0.1) is 0 Å². The van der Waals surface area contributed by atoms with Gasteiger partial charge in [0.25, 0.3) is 0 Å². The molecule has 1 aliphatic heterocycles. The number of benzene rings is 2. The lowest BCUT2D eigenvalue weighted by Crippen LogP contribution is -2.48. The van der Waals surface area contributed by atoms with Crippen molar-refractivity contribution >= 4 is 11.8 Å². The van der Waals surface area contributed by atoms with Gasteiger partial charge in [-0.3, -0.25) is 5.32 Å². The first-order valence-corrected chi connectivity index (χ1v) is 10.3. The normalized spacial score (nSPS) is 22.9. The Morgan fingerprint density at radius 3 is 2.64 bits per heavy atom. The van der Waals surface area contributed by atoms with Crippen molar-refractivity contribution in [1.29, 1.82) is 0 Å². The highest BCUT2D eigenvalue weighted by atomic mass is 32.2. The van der Waals surface area contributed by atoms with Gasteiger partial charge in [-0.15, -0.1) is 11.8 Å². The van der Waals surface area contributed by atoms with E-state index in [1.165, 1.54) is 35.3 Å². The van der Waals surface area contributed by atoms with E-state index in [1.807, 2.05) is 11.8 Å². The maximum atomic E-state index is 5.51. The molecule has 3 heteroatoms. The Balaban J connectivity index is 2.05. The molecule has 0 radical (unpaired) electrons. The summed E-state index contributed by atoms with van der Waals surface area (Å²) in [5.74, 6) is 2.05. The predicted molar refractivity (Wildman–Crippen MR) is 108 cm³/mol. The Labute approximate surface area is 156 Å². The minimum Gasteiger partial charge on any atom is -0.497 e. The number of hydrogen-bond donors (Lipinski definition) is 1. The van der Waals surface area contributed by atoms with Crippen LogP contribution in [0.1, 0.15) is 56.7 Å². The van der Waals surface area contributed by atoms with Crippen molar-refractivity contribution in [2.24, 2.45) is 0 Å². The van der Waals surface area contributed by atoms with Crippen LogP contribution in [0.4, 0.5) is 0 Å². The molecule has 2 nitrogen and oxygen atoms in total. The van der Waals surface area contributed by atoms with E-state index in [1.54, 1.807) is 7.11 Å². The van der Waals surface area contributed by atoms with Crippen LogP contribution >= 0.6 is 11.8 Å². The zero-order valence-corrected chi connectivity index (χ0v) is 16.4. The van der Waals surface area contributed by atoms with Gasteiger partial charge in [-0.05, 0) is 42.2 Å². The first-order valence-electron chi connectivity index (χ1n) is 9.34. The van der Waals surface area contributed by atoms with Gasteiger partial charge in [0.15, 0.2) is 0 Å². The fourth-order valence-electron chi connectivity index (χ4n) is 3.60. The van der Waals surface area contributed by atoms with E-state index >= 15 is 0 Å². The second-order valence-corrected chi connectivity index (χ2v) is 7.94. The molecule has 0 saturated heterocycles. The summed E-state index contributed by atoms with van der Waals surface area (Å²) in [6.45, 7) is 4.60. The second kappa shape index (κ2) is 8.29. The quantitative estimate of drug-likeness (QED) is 0.705. The van der Waals surface area contributed by atoms with Crippen molar-refractivity contribution in [3.63, 3.8) is 0 Å². The standard InChI is InChI=1S/C22H29NOS/c1-4-6-14-22(5-2)16-25-20-13-12-18(24-3)15-19(20)21(23-22)17-10-8-7-9-11-17/h7-13,15,21,23H,4-6,14,16H2,1-3H3. The molecule has 0 fully saturated rings. The summed E-state index contributed by atoms with van der Waals surface area (Å²) in [6.07, 6.45) is 4.88. The number of unbranched alkanes of at least 4 members (excludes halogenated alkanes) is 1. The maximum absolute atomic E-state index is 5.51. The number of hydrogen-bond acceptors (Lipinski definition) is 3. The van der Waals surface area contributed by atoms with E-state index in [0.717, 1.165) is 17.9 Å². The fraction of sp³-hybridized carbons (Fsp3) is 0.455. The molecule has 2 atom stereocenters. The van der Waals surface area contributed by atoms with E-state index in [0.29, 0.717) is 0 Å². The van der Waals surface area contributed by atoms with Gasteiger partial charge in [-0.25, -0.2) is 0 Å². The predicted octanol–water partition coefficient (Wildman–Crippen LogP) is 5.82. The van der Waals surface area contributed by atoms with Crippen molar-refractivity contribution in [3.8, 4) is 5.75 Å². The summed E-state index contributed by atoms with van der Waals surface area (Å²) in [7, 11) is 1.74. The highest BCUT2D eigenvalue weighted by Gasteiger charge is 2.35. The third-order valence-electron chi connectivity index (χ3n) is 5.30. The van der Waals surface area contributed by atoms with Crippen LogP contribution in [-0.2, 0) is 0 Å². The summed E-state index contributed by atoms with van der Waals surface area (Å²) in [5, 5.41) is 4.06. The summed E-state index contributed by atoms with van der Waals surface area (Å²) >= 11 is 1.99. The van der Waals surface area contributed by atoms with Crippen LogP contribution < -0.4 is 10.1 Å². The molecule has 1 heterocycles. The van der Waals surface area contributed by atoms with Gasteiger partial charge in [0.1, 0.15) is 5.75 Å². The highest BCUT2D eigenvalue weighted by Crippen LogP contribution is 2.42. The summed E-state index contributed by atoms with van der Waals surface area (Å²) < 4.78 is 5.51. The summed E-state index contributed by atoms with van der Waals surface area (Å²) in [6, 6.07) is 17.5. The molecule has 25 heavy (non-hydrogen) atoms. The molecule has 1 aliphatic rings. The van der Waals surface area contributed by atoms with E-state index in [-0.39, 0.29) is 11.6 Å². The van der Waals surface area contributed by atoms with Crippen LogP contribution in [0.3, 0.4) is 0 Å². The Kier molecular flexibility index (Phi) is 6.08. The topological polar surface area (TPSA) is 21.3 Å². The molecule has 0 spiro atoms. The van der Waals surface area contributed by atoms with Crippen molar-refractivity contribution in [3.05, 3.63) is 59.7 Å². The highest BCUT2D eigenvalue weighted by molar-refractivity contribution is 7.99. The Morgan fingerprint density at radius 1 is 1.16 bits per heavy atom. The van der Waals surface area contributed by atoms with Crippen LogP contribution in [0.2, 0.25) is 0 Å². The Morgan fingerprint density at radius 2 is 1.96 bits per heavy atom. The van der Waals surface area contributed by atoms with Crippen LogP contribution in [0.5, 0.6) is 5.75 Å². The molecule has 0 saturated carbocycles. The number of ether oxygens (including phenoxy) is 1. The minimum absolute atomic E-state index is 0.174. The summed E-state index contributed by atoms with van der Waals surface area (Å²) in [4.78, 5) is 1.37. The third-order valence-corrected chi connectivity index (χ3v) is 6.68. The number of nitrogens with one attached hydrogen (secondary N) is 1. The lowest BCUT2D eigenvalue weighted by molar-refractivity contribution is 0.297. The molecule has 0 amide bonds. The molecule has 2 aromatic rings. The average molecular weight is 356 g/mol. The van der Waals surface area contributed by atoms with E-state index in [9.17, 15) is 0 Å². The van der Waals surface area contributed by atoms with Gasteiger partial charge < -0.3 is 4.74 Å². The Hall–Kier alpha value is -1.45. The molecular formula is C22H29NOS. The molecule has 0 aromatic heterocycles. The third kappa shape index (κ3) is 4.04. The molecule has 0 aliphatic carbocycles. The zero-order valence-electron chi connectivity index (χ0n) is 15.5. The van der Waals surface area contributed by atoms with Gasteiger partial charge >= 0.3 is 0 Å². The second-order valence-electron chi connectivity index (χ2n) is 6.92. The van der Waals surface area contributed by atoms with Crippen LogP contribution in [0.15, 0.2) is 53.4 Å². The fourth-order valence-corrected chi connectivity index (χ4v) is 4.97. The van der Waals surface area contributed by atoms with Gasteiger partial charge in [0, 0.05) is 16.2 Å². The number of methoxy groups -OCH3 is 1. The smallest absolute Gasteiger partial charge is 0.119 e. The first kappa shape index (κ1) is 18.3.